The molecule has 0 amide bonds. The van der Waals surface area contributed by atoms with Crippen molar-refractivity contribution >= 4 is 43.4 Å². The molecule has 0 saturated heterocycles. The van der Waals surface area contributed by atoms with E-state index in [1.165, 1.54) is 25.3 Å². The topological polar surface area (TPSA) is 44.8 Å². The first kappa shape index (κ1) is 29.0. The first-order valence-corrected chi connectivity index (χ1v) is 11.5. The second-order valence-corrected chi connectivity index (χ2v) is 8.87. The van der Waals surface area contributed by atoms with Gasteiger partial charge in [0.2, 0.25) is 0 Å². The van der Waals surface area contributed by atoms with Crippen LogP contribution in [0.3, 0.4) is 0 Å². The van der Waals surface area contributed by atoms with Gasteiger partial charge in [-0.15, -0.1) is 0 Å². The summed E-state index contributed by atoms with van der Waals surface area (Å²) in [6, 6.07) is 4.26. The lowest BCUT2D eigenvalue weighted by molar-refractivity contribution is -0.141. The number of hydrogen-bond acceptors (Lipinski definition) is 4. The van der Waals surface area contributed by atoms with Crippen molar-refractivity contribution in [2.24, 2.45) is 0 Å². The van der Waals surface area contributed by atoms with E-state index in [-0.39, 0.29) is 44.9 Å². The number of halogens is 8. The molecule has 0 aromatic heterocycles. The molecule has 12 heteroatoms. The van der Waals surface area contributed by atoms with Crippen LogP contribution < -0.4 is 9.47 Å². The first-order valence-electron chi connectivity index (χ1n) is 9.91. The standard InChI is InChI=1S/C23H20Br2F6O4/c1-33-19(32)7-5-4-6-14(12-8-15(22(26,27)28)20(34-2)17(24)10-12)13-9-16(23(29,30)31)21(35-3)18(25)11-13/h6,8-11H,4-5,7H2,1-3H3. The SMILES string of the molecule is COC(=O)CCCC=C(c1cc(Br)c(OC)c(C(F)(F)F)c1)c1cc(Br)c(OC)c(C(F)(F)F)c1. The van der Waals surface area contributed by atoms with Gasteiger partial charge in [0.15, 0.2) is 0 Å². The van der Waals surface area contributed by atoms with Gasteiger partial charge in [-0.05, 0) is 85.7 Å². The minimum Gasteiger partial charge on any atom is -0.495 e. The Balaban J connectivity index is 2.76. The summed E-state index contributed by atoms with van der Waals surface area (Å²) in [6.45, 7) is 0. The smallest absolute Gasteiger partial charge is 0.420 e. The molecule has 192 valence electrons. The molecule has 0 radical (unpaired) electrons. The third kappa shape index (κ3) is 7.16. The fraction of sp³-hybridized carbons (Fsp3) is 0.348. The molecule has 0 bridgehead atoms. The molecular formula is C23H20Br2F6O4. The molecular weight excluding hydrogens is 614 g/mol. The van der Waals surface area contributed by atoms with Crippen LogP contribution >= 0.6 is 31.9 Å². The maximum atomic E-state index is 13.7. The molecule has 4 nitrogen and oxygen atoms in total. The lowest BCUT2D eigenvalue weighted by Gasteiger charge is -2.19. The lowest BCUT2D eigenvalue weighted by atomic mass is 9.93. The summed E-state index contributed by atoms with van der Waals surface area (Å²) in [5.41, 5.74) is -2.12. The number of allylic oxidation sites excluding steroid dienone is 1. The molecule has 0 aliphatic heterocycles. The molecule has 2 aromatic carbocycles. The van der Waals surface area contributed by atoms with Gasteiger partial charge in [0.1, 0.15) is 11.5 Å². The van der Waals surface area contributed by atoms with E-state index in [1.807, 2.05) is 0 Å². The van der Waals surface area contributed by atoms with Gasteiger partial charge >= 0.3 is 18.3 Å². The number of carbonyl (C=O) groups excluding carboxylic acids is 1. The van der Waals surface area contributed by atoms with Gasteiger partial charge in [-0.25, -0.2) is 0 Å². The van der Waals surface area contributed by atoms with Gasteiger partial charge in [-0.3, -0.25) is 4.79 Å². The van der Waals surface area contributed by atoms with E-state index in [1.54, 1.807) is 0 Å². The van der Waals surface area contributed by atoms with Gasteiger partial charge in [0.25, 0.3) is 0 Å². The van der Waals surface area contributed by atoms with E-state index in [4.69, 9.17) is 9.47 Å². The number of benzene rings is 2. The van der Waals surface area contributed by atoms with E-state index in [9.17, 15) is 31.1 Å². The molecule has 0 aliphatic rings. The van der Waals surface area contributed by atoms with Crippen LogP contribution in [0.2, 0.25) is 0 Å². The highest BCUT2D eigenvalue weighted by atomic mass is 79.9. The van der Waals surface area contributed by atoms with Crippen LogP contribution in [-0.4, -0.2) is 27.3 Å². The zero-order chi connectivity index (χ0) is 26.6. The average molecular weight is 634 g/mol. The van der Waals surface area contributed by atoms with Gasteiger partial charge < -0.3 is 14.2 Å². The van der Waals surface area contributed by atoms with Crippen LogP contribution in [0.1, 0.15) is 41.5 Å². The maximum absolute atomic E-state index is 13.7. The van der Waals surface area contributed by atoms with Crippen molar-refractivity contribution in [2.45, 2.75) is 31.6 Å². The summed E-state index contributed by atoms with van der Waals surface area (Å²) >= 11 is 6.13. The molecule has 0 N–H and O–H groups in total. The summed E-state index contributed by atoms with van der Waals surface area (Å²) in [5.74, 6) is -1.41. The predicted octanol–water partition coefficient (Wildman–Crippen LogP) is 8.04. The number of alkyl halides is 6. The van der Waals surface area contributed by atoms with Gasteiger partial charge in [-0.1, -0.05) is 6.08 Å². The number of rotatable bonds is 8. The van der Waals surface area contributed by atoms with Crippen molar-refractivity contribution in [3.05, 3.63) is 61.5 Å². The van der Waals surface area contributed by atoms with Crippen molar-refractivity contribution < 1.29 is 45.3 Å². The highest BCUT2D eigenvalue weighted by Crippen LogP contribution is 2.46. The van der Waals surface area contributed by atoms with Crippen molar-refractivity contribution in [1.29, 1.82) is 0 Å². The Morgan fingerprint density at radius 1 is 0.829 bits per heavy atom. The summed E-state index contributed by atoms with van der Waals surface area (Å²) in [5, 5.41) is 0. The first-order chi connectivity index (χ1) is 16.2. The highest BCUT2D eigenvalue weighted by molar-refractivity contribution is 9.11. The maximum Gasteiger partial charge on any atom is 0.420 e. The minimum atomic E-state index is -4.79. The minimum absolute atomic E-state index is 0.00624. The molecule has 0 fully saturated rings. The number of hydrogen-bond donors (Lipinski definition) is 0. The Kier molecular flexibility index (Phi) is 9.69. The number of methoxy groups -OCH3 is 3. The molecule has 0 spiro atoms. The van der Waals surface area contributed by atoms with E-state index < -0.39 is 40.9 Å². The van der Waals surface area contributed by atoms with Crippen LogP contribution in [0.15, 0.2) is 39.3 Å². The van der Waals surface area contributed by atoms with Crippen LogP contribution in [-0.2, 0) is 21.9 Å². The number of carbonyl (C=O) groups is 1. The van der Waals surface area contributed by atoms with Crippen molar-refractivity contribution in [3.8, 4) is 11.5 Å². The Morgan fingerprint density at radius 2 is 1.26 bits per heavy atom. The Labute approximate surface area is 214 Å². The molecule has 0 heterocycles. The fourth-order valence-electron chi connectivity index (χ4n) is 3.33. The summed E-state index contributed by atoms with van der Waals surface area (Å²) in [7, 11) is 3.37. The third-order valence-electron chi connectivity index (χ3n) is 4.89. The molecule has 0 saturated carbocycles. The van der Waals surface area contributed by atoms with Crippen LogP contribution in [0.4, 0.5) is 26.3 Å². The third-order valence-corrected chi connectivity index (χ3v) is 6.07. The molecule has 2 rings (SSSR count). The van der Waals surface area contributed by atoms with E-state index in [0.717, 1.165) is 26.4 Å². The second kappa shape index (κ2) is 11.7. The van der Waals surface area contributed by atoms with Gasteiger partial charge in [-0.2, -0.15) is 26.3 Å². The molecule has 35 heavy (non-hydrogen) atoms. The number of esters is 1. The average Bonchev–Trinajstić information content (AvgIpc) is 2.76. The molecule has 0 aliphatic carbocycles. The molecule has 2 aromatic rings. The second-order valence-electron chi connectivity index (χ2n) is 7.16. The largest absolute Gasteiger partial charge is 0.495 e. The summed E-state index contributed by atoms with van der Waals surface area (Å²) < 4.78 is 96.7. The van der Waals surface area contributed by atoms with Crippen LogP contribution in [0, 0.1) is 0 Å². The highest BCUT2D eigenvalue weighted by Gasteiger charge is 2.38. The van der Waals surface area contributed by atoms with E-state index in [0.29, 0.717) is 0 Å². The Hall–Kier alpha value is -2.21. The fourth-order valence-corrected chi connectivity index (χ4v) is 4.58. The zero-order valence-electron chi connectivity index (χ0n) is 18.7. The van der Waals surface area contributed by atoms with Crippen molar-refractivity contribution in [3.63, 3.8) is 0 Å². The summed E-state index contributed by atoms with van der Waals surface area (Å²) in [6.07, 6.45) is -7.63. The number of unbranched alkanes of at least 4 members (excludes halogenated alkanes) is 1. The molecule has 0 unspecified atom stereocenters. The lowest BCUT2D eigenvalue weighted by Crippen LogP contribution is -2.10. The zero-order valence-corrected chi connectivity index (χ0v) is 21.8. The normalized spacial score (nSPS) is 11.7. The van der Waals surface area contributed by atoms with E-state index >= 15 is 0 Å². The number of ether oxygens (including phenoxy) is 3. The van der Waals surface area contributed by atoms with Gasteiger partial charge in [0.05, 0.1) is 41.4 Å². The monoisotopic (exact) mass is 632 g/mol. The predicted molar refractivity (Wildman–Crippen MR) is 124 cm³/mol. The van der Waals surface area contributed by atoms with Crippen molar-refractivity contribution in [1.82, 2.24) is 0 Å². The van der Waals surface area contributed by atoms with E-state index in [2.05, 4.69) is 36.6 Å². The Bertz CT molecular complexity index is 1040. The van der Waals surface area contributed by atoms with Crippen LogP contribution in [0.5, 0.6) is 11.5 Å². The van der Waals surface area contributed by atoms with Crippen molar-refractivity contribution in [2.75, 3.05) is 21.3 Å². The quantitative estimate of drug-likeness (QED) is 0.168. The summed E-state index contributed by atoms with van der Waals surface area (Å²) in [4.78, 5) is 11.4. The molecule has 0 atom stereocenters. The van der Waals surface area contributed by atoms with Crippen LogP contribution in [0.25, 0.3) is 5.57 Å². The van der Waals surface area contributed by atoms with Gasteiger partial charge in [0, 0.05) is 6.42 Å². The Morgan fingerprint density at radius 3 is 1.60 bits per heavy atom.